The van der Waals surface area contributed by atoms with E-state index in [1.54, 1.807) is 11.1 Å². The van der Waals surface area contributed by atoms with Gasteiger partial charge in [-0.3, -0.25) is 0 Å². The Morgan fingerprint density at radius 1 is 1.25 bits per heavy atom. The first-order valence-electron chi connectivity index (χ1n) is 7.99. The molecule has 2 atom stereocenters. The van der Waals surface area contributed by atoms with Gasteiger partial charge in [0.1, 0.15) is 0 Å². The predicted octanol–water partition coefficient (Wildman–Crippen LogP) is 3.46. The summed E-state index contributed by atoms with van der Waals surface area (Å²) in [6.07, 6.45) is 8.08. The topological polar surface area (TPSA) is 21.3 Å². The molecule has 0 fully saturated rings. The van der Waals surface area contributed by atoms with Gasteiger partial charge in [0.25, 0.3) is 0 Å². The molecule has 2 aliphatic rings. The maximum Gasteiger partial charge on any atom is 0.0876 e. The van der Waals surface area contributed by atoms with E-state index < -0.39 is 0 Å². The molecule has 1 aliphatic heterocycles. The summed E-state index contributed by atoms with van der Waals surface area (Å²) in [4.78, 5) is 0. The summed E-state index contributed by atoms with van der Waals surface area (Å²) in [6, 6.07) is 9.42. The summed E-state index contributed by atoms with van der Waals surface area (Å²) < 4.78 is 5.57. The van der Waals surface area contributed by atoms with Crippen molar-refractivity contribution >= 4 is 0 Å². The third-order valence-electron chi connectivity index (χ3n) is 4.64. The lowest BCUT2D eigenvalue weighted by Gasteiger charge is -2.34. The zero-order valence-electron chi connectivity index (χ0n) is 12.4. The molecule has 0 saturated heterocycles. The summed E-state index contributed by atoms with van der Waals surface area (Å²) in [5, 5.41) is 3.70. The van der Waals surface area contributed by atoms with Crippen LogP contribution >= 0.6 is 0 Å². The van der Waals surface area contributed by atoms with E-state index in [1.807, 2.05) is 6.26 Å². The molecule has 0 saturated carbocycles. The molecule has 1 aromatic carbocycles. The molecule has 2 unspecified atom stereocenters. The van der Waals surface area contributed by atoms with Gasteiger partial charge in [0.15, 0.2) is 0 Å². The van der Waals surface area contributed by atoms with E-state index in [0.29, 0.717) is 12.0 Å². The standard InChI is InChI=1S/C18H25NO/c1-2-19-18(17-8-5-11-20-13-17)16-10-9-14-6-3-4-7-15(14)12-16/h3-4,6-7,13,16,18-19H,2,5,8-12H2,1H3. The van der Waals surface area contributed by atoms with Crippen molar-refractivity contribution in [2.75, 3.05) is 13.2 Å². The van der Waals surface area contributed by atoms with Crippen molar-refractivity contribution in [2.45, 2.75) is 45.1 Å². The highest BCUT2D eigenvalue weighted by atomic mass is 16.5. The van der Waals surface area contributed by atoms with Crippen LogP contribution in [0.15, 0.2) is 36.1 Å². The Kier molecular flexibility index (Phi) is 4.41. The second kappa shape index (κ2) is 6.45. The molecule has 0 amide bonds. The van der Waals surface area contributed by atoms with Gasteiger partial charge in [-0.25, -0.2) is 0 Å². The minimum absolute atomic E-state index is 0.494. The summed E-state index contributed by atoms with van der Waals surface area (Å²) in [5.74, 6) is 0.706. The smallest absolute Gasteiger partial charge is 0.0876 e. The van der Waals surface area contributed by atoms with Gasteiger partial charge in [-0.15, -0.1) is 0 Å². The van der Waals surface area contributed by atoms with Gasteiger partial charge in [-0.2, -0.15) is 0 Å². The Morgan fingerprint density at radius 3 is 2.85 bits per heavy atom. The number of hydrogen-bond acceptors (Lipinski definition) is 2. The number of aryl methyl sites for hydroxylation is 1. The monoisotopic (exact) mass is 271 g/mol. The van der Waals surface area contributed by atoms with Gasteiger partial charge in [-0.05, 0) is 61.3 Å². The largest absolute Gasteiger partial charge is 0.501 e. The van der Waals surface area contributed by atoms with E-state index >= 15 is 0 Å². The molecule has 2 heteroatoms. The molecule has 1 N–H and O–H groups in total. The highest BCUT2D eigenvalue weighted by Crippen LogP contribution is 2.31. The van der Waals surface area contributed by atoms with E-state index in [9.17, 15) is 0 Å². The van der Waals surface area contributed by atoms with Crippen molar-refractivity contribution in [3.63, 3.8) is 0 Å². The summed E-state index contributed by atoms with van der Waals surface area (Å²) in [6.45, 7) is 4.12. The Labute approximate surface area is 122 Å². The van der Waals surface area contributed by atoms with Crippen LogP contribution in [-0.2, 0) is 17.6 Å². The maximum absolute atomic E-state index is 5.57. The van der Waals surface area contributed by atoms with Crippen LogP contribution in [0.3, 0.4) is 0 Å². The van der Waals surface area contributed by atoms with Crippen molar-refractivity contribution in [3.8, 4) is 0 Å². The van der Waals surface area contributed by atoms with Crippen molar-refractivity contribution in [3.05, 3.63) is 47.2 Å². The van der Waals surface area contributed by atoms with Crippen LogP contribution in [0.5, 0.6) is 0 Å². The molecule has 0 bridgehead atoms. The Bertz CT molecular complexity index is 480. The zero-order chi connectivity index (χ0) is 13.8. The van der Waals surface area contributed by atoms with Gasteiger partial charge in [0.05, 0.1) is 12.9 Å². The van der Waals surface area contributed by atoms with Crippen LogP contribution < -0.4 is 5.32 Å². The van der Waals surface area contributed by atoms with Crippen molar-refractivity contribution in [2.24, 2.45) is 5.92 Å². The third-order valence-corrected chi connectivity index (χ3v) is 4.64. The second-order valence-corrected chi connectivity index (χ2v) is 5.97. The van der Waals surface area contributed by atoms with Crippen LogP contribution in [0, 0.1) is 5.92 Å². The fourth-order valence-corrected chi connectivity index (χ4v) is 3.64. The lowest BCUT2D eigenvalue weighted by Crippen LogP contribution is -2.41. The molecule has 2 nitrogen and oxygen atoms in total. The fraction of sp³-hybridized carbons (Fsp3) is 0.556. The third kappa shape index (κ3) is 2.90. The molecule has 3 rings (SSSR count). The average molecular weight is 271 g/mol. The first-order valence-corrected chi connectivity index (χ1v) is 7.99. The van der Waals surface area contributed by atoms with Crippen molar-refractivity contribution in [1.29, 1.82) is 0 Å². The van der Waals surface area contributed by atoms with Crippen LogP contribution in [0.25, 0.3) is 0 Å². The molecule has 0 aromatic heterocycles. The molecule has 108 valence electrons. The number of ether oxygens (including phenoxy) is 1. The lowest BCUT2D eigenvalue weighted by atomic mass is 9.77. The van der Waals surface area contributed by atoms with Crippen LogP contribution in [-0.4, -0.2) is 19.2 Å². The van der Waals surface area contributed by atoms with Crippen molar-refractivity contribution < 1.29 is 4.74 Å². The molecule has 0 spiro atoms. The first-order chi connectivity index (χ1) is 9.88. The van der Waals surface area contributed by atoms with Gasteiger partial charge < -0.3 is 10.1 Å². The van der Waals surface area contributed by atoms with Gasteiger partial charge in [0.2, 0.25) is 0 Å². The zero-order valence-corrected chi connectivity index (χ0v) is 12.4. The number of rotatable bonds is 4. The van der Waals surface area contributed by atoms with E-state index in [1.165, 1.54) is 31.3 Å². The van der Waals surface area contributed by atoms with Crippen LogP contribution in [0.4, 0.5) is 0 Å². The van der Waals surface area contributed by atoms with Gasteiger partial charge >= 0.3 is 0 Å². The van der Waals surface area contributed by atoms with E-state index in [-0.39, 0.29) is 0 Å². The van der Waals surface area contributed by atoms with Crippen LogP contribution in [0.1, 0.15) is 37.3 Å². The Hall–Kier alpha value is -1.28. The minimum atomic E-state index is 0.494. The van der Waals surface area contributed by atoms with E-state index in [4.69, 9.17) is 4.74 Å². The molecular weight excluding hydrogens is 246 g/mol. The van der Waals surface area contributed by atoms with Gasteiger partial charge in [0, 0.05) is 6.04 Å². The number of nitrogens with one attached hydrogen (secondary N) is 1. The maximum atomic E-state index is 5.57. The van der Waals surface area contributed by atoms with Crippen LogP contribution in [0.2, 0.25) is 0 Å². The Balaban J connectivity index is 1.77. The summed E-state index contributed by atoms with van der Waals surface area (Å²) >= 11 is 0. The highest BCUT2D eigenvalue weighted by Gasteiger charge is 2.28. The summed E-state index contributed by atoms with van der Waals surface area (Å²) in [7, 11) is 0. The Morgan fingerprint density at radius 2 is 2.10 bits per heavy atom. The summed E-state index contributed by atoms with van der Waals surface area (Å²) in [5.41, 5.74) is 4.57. The number of benzene rings is 1. The average Bonchev–Trinajstić information content (AvgIpc) is 2.53. The minimum Gasteiger partial charge on any atom is -0.501 e. The van der Waals surface area contributed by atoms with Crippen molar-refractivity contribution in [1.82, 2.24) is 5.32 Å². The predicted molar refractivity (Wildman–Crippen MR) is 82.7 cm³/mol. The lowest BCUT2D eigenvalue weighted by molar-refractivity contribution is 0.212. The molecule has 1 heterocycles. The molecular formula is C18H25NO. The van der Waals surface area contributed by atoms with E-state index in [0.717, 1.165) is 19.6 Å². The van der Waals surface area contributed by atoms with Gasteiger partial charge in [-0.1, -0.05) is 31.2 Å². The normalized spacial score (nSPS) is 23.4. The molecule has 1 aliphatic carbocycles. The molecule has 1 aromatic rings. The number of fused-ring (bicyclic) bond motifs is 1. The molecule has 0 radical (unpaired) electrons. The fourth-order valence-electron chi connectivity index (χ4n) is 3.64. The first kappa shape index (κ1) is 13.7. The highest BCUT2D eigenvalue weighted by molar-refractivity contribution is 5.31. The number of hydrogen-bond donors (Lipinski definition) is 1. The quantitative estimate of drug-likeness (QED) is 0.905. The molecule has 20 heavy (non-hydrogen) atoms. The second-order valence-electron chi connectivity index (χ2n) is 5.97. The van der Waals surface area contributed by atoms with E-state index in [2.05, 4.69) is 36.5 Å². The number of likely N-dealkylation sites (N-methyl/N-ethyl adjacent to an activating group) is 1. The SMILES string of the molecule is CCNC(C1=COCCC1)C1CCc2ccccc2C1.